The molecule has 1 N–H and O–H groups in total. The number of phenols is 1. The fourth-order valence-corrected chi connectivity index (χ4v) is 10.1. The van der Waals surface area contributed by atoms with Crippen molar-refractivity contribution in [1.82, 2.24) is 0 Å². The third kappa shape index (κ3) is 45.7. The lowest BCUT2D eigenvalue weighted by atomic mass is 9.78. The molecule has 0 heterocycles. The van der Waals surface area contributed by atoms with E-state index in [4.69, 9.17) is 14.2 Å². The van der Waals surface area contributed by atoms with Gasteiger partial charge in [-0.1, -0.05) is 286 Å². The molecule has 0 amide bonds. The summed E-state index contributed by atoms with van der Waals surface area (Å²) < 4.78 is 16.2. The molecule has 1 aromatic rings. The van der Waals surface area contributed by atoms with Crippen molar-refractivity contribution in [2.45, 2.75) is 330 Å². The van der Waals surface area contributed by atoms with E-state index < -0.39 is 0 Å². The molecule has 8 heteroatoms. The Bertz CT molecular complexity index is 1350. The van der Waals surface area contributed by atoms with Gasteiger partial charge in [-0.25, -0.2) is 0 Å². The van der Waals surface area contributed by atoms with Crippen LogP contribution in [0.25, 0.3) is 0 Å². The smallest absolute Gasteiger partial charge is 0.306 e. The van der Waals surface area contributed by atoms with Crippen molar-refractivity contribution < 1.29 is 33.7 Å². The lowest BCUT2D eigenvalue weighted by molar-refractivity contribution is -0.144. The Morgan fingerprint density at radius 2 is 0.616 bits per heavy atom. The standard InChI is InChI=1S/C35H62O3.C30H58O4S/c1-8-9-10-11-12-13-14-15-16-17-18-19-20-21-22-23-26-38-32(36)25-24-29-27-30(34(2,3)4)33(37)31(28-29)35(5,6)7;1-3-5-7-9-11-13-15-17-19-21-25-33-29(31)23-27-35-28-24-30(32)34-26-22-20-18-16-14-12-10-8-6-4-2/h27-28,37H,8-26H2,1-7H3;3-28H2,1-2H3. The van der Waals surface area contributed by atoms with Gasteiger partial charge in [0.2, 0.25) is 0 Å². The second-order valence-corrected chi connectivity index (χ2v) is 24.7. The fourth-order valence-electron chi connectivity index (χ4n) is 9.25. The number of hydrogen-bond acceptors (Lipinski definition) is 8. The number of thioether (sulfide) groups is 1. The molecule has 0 aromatic heterocycles. The monoisotopic (exact) mass is 1040 g/mol. The van der Waals surface area contributed by atoms with Gasteiger partial charge in [0.1, 0.15) is 5.75 Å². The maximum atomic E-state index is 12.3. The van der Waals surface area contributed by atoms with E-state index in [1.54, 1.807) is 11.8 Å². The van der Waals surface area contributed by atoms with E-state index in [2.05, 4.69) is 74.4 Å². The molecule has 0 radical (unpaired) electrons. The van der Waals surface area contributed by atoms with Crippen LogP contribution >= 0.6 is 11.8 Å². The number of benzene rings is 1. The van der Waals surface area contributed by atoms with E-state index in [0.29, 0.717) is 62.8 Å². The molecule has 0 atom stereocenters. The molecular weight excluding hydrogens is 925 g/mol. The molecule has 1 rings (SSSR count). The molecule has 0 spiro atoms. The number of ether oxygens (including phenoxy) is 3. The van der Waals surface area contributed by atoms with Gasteiger partial charge in [-0.3, -0.25) is 14.4 Å². The molecule has 1 aromatic carbocycles. The first-order chi connectivity index (χ1) is 35.2. The number of unbranched alkanes of at least 4 members (excludes halogenated alkanes) is 33. The first-order valence-electron chi connectivity index (χ1n) is 31.1. The summed E-state index contributed by atoms with van der Waals surface area (Å²) in [4.78, 5) is 35.9. The molecule has 0 aliphatic carbocycles. The fraction of sp³-hybridized carbons (Fsp3) is 0.862. The van der Waals surface area contributed by atoms with E-state index in [0.717, 1.165) is 55.2 Å². The van der Waals surface area contributed by atoms with Crippen LogP contribution in [0.4, 0.5) is 0 Å². The highest BCUT2D eigenvalue weighted by molar-refractivity contribution is 7.99. The molecular formula is C65H120O7S. The Morgan fingerprint density at radius 1 is 0.384 bits per heavy atom. The average molecular weight is 1050 g/mol. The molecule has 0 aliphatic rings. The van der Waals surface area contributed by atoms with Crippen LogP contribution < -0.4 is 0 Å². The van der Waals surface area contributed by atoms with Gasteiger partial charge in [0, 0.05) is 17.9 Å². The lowest BCUT2D eigenvalue weighted by Crippen LogP contribution is -2.18. The van der Waals surface area contributed by atoms with Crippen LogP contribution in [0.3, 0.4) is 0 Å². The Balaban J connectivity index is 0.00000143. The highest BCUT2D eigenvalue weighted by atomic mass is 32.2. The molecule has 0 bridgehead atoms. The van der Waals surface area contributed by atoms with Crippen molar-refractivity contribution in [3.63, 3.8) is 0 Å². The molecule has 0 saturated carbocycles. The SMILES string of the molecule is CCCCCCCCCCCCCCCCCCOC(=O)CCc1cc(C(C)(C)C)c(O)c(C(C)(C)C)c1.CCCCCCCCCCCCOC(=O)CCSCCC(=O)OCCCCCCCCCCCC. The molecule has 0 saturated heterocycles. The Morgan fingerprint density at radius 3 is 0.863 bits per heavy atom. The van der Waals surface area contributed by atoms with Crippen LogP contribution in [-0.2, 0) is 45.8 Å². The Labute approximate surface area is 457 Å². The third-order valence-electron chi connectivity index (χ3n) is 14.1. The average Bonchev–Trinajstić information content (AvgIpc) is 3.34. The number of esters is 3. The first-order valence-corrected chi connectivity index (χ1v) is 32.2. The first kappa shape index (κ1) is 70.8. The zero-order valence-corrected chi connectivity index (χ0v) is 50.6. The van der Waals surface area contributed by atoms with Gasteiger partial charge < -0.3 is 19.3 Å². The number of carbonyl (C=O) groups excluding carboxylic acids is 3. The summed E-state index contributed by atoms with van der Waals surface area (Å²) in [6, 6.07) is 4.13. The van der Waals surface area contributed by atoms with Gasteiger partial charge in [0.15, 0.2) is 0 Å². The van der Waals surface area contributed by atoms with Gasteiger partial charge in [-0.2, -0.15) is 11.8 Å². The van der Waals surface area contributed by atoms with E-state index in [1.807, 2.05) is 0 Å². The second kappa shape index (κ2) is 49.4. The Kier molecular flexibility index (Phi) is 47.9. The summed E-state index contributed by atoms with van der Waals surface area (Å²) >= 11 is 1.63. The van der Waals surface area contributed by atoms with Crippen LogP contribution in [0.5, 0.6) is 5.75 Å². The van der Waals surface area contributed by atoms with Crippen LogP contribution in [0.1, 0.15) is 329 Å². The maximum absolute atomic E-state index is 12.3. The summed E-state index contributed by atoms with van der Waals surface area (Å²) in [6.07, 6.45) is 49.0. The number of rotatable bonds is 48. The molecule has 7 nitrogen and oxygen atoms in total. The summed E-state index contributed by atoms with van der Waals surface area (Å²) in [6.45, 7) is 21.1. The number of hydrogen-bond donors (Lipinski definition) is 1. The van der Waals surface area contributed by atoms with Gasteiger partial charge in [-0.05, 0) is 53.2 Å². The molecule has 0 fully saturated rings. The summed E-state index contributed by atoms with van der Waals surface area (Å²) in [5.74, 6) is 1.47. The van der Waals surface area contributed by atoms with E-state index in [1.165, 1.54) is 193 Å². The minimum absolute atomic E-state index is 0.114. The number of aryl methyl sites for hydroxylation is 1. The maximum Gasteiger partial charge on any atom is 0.306 e. The number of phenolic OH excluding ortho intramolecular Hbond substituents is 1. The second-order valence-electron chi connectivity index (χ2n) is 23.5. The highest BCUT2D eigenvalue weighted by Gasteiger charge is 2.26. The van der Waals surface area contributed by atoms with Crippen molar-refractivity contribution in [3.8, 4) is 5.75 Å². The normalized spacial score (nSPS) is 11.6. The molecule has 0 aliphatic heterocycles. The topological polar surface area (TPSA) is 99.1 Å². The van der Waals surface area contributed by atoms with Gasteiger partial charge in [0.05, 0.1) is 32.7 Å². The van der Waals surface area contributed by atoms with Gasteiger partial charge in [-0.15, -0.1) is 0 Å². The predicted octanol–water partition coefficient (Wildman–Crippen LogP) is 20.2. The number of aromatic hydroxyl groups is 1. The summed E-state index contributed by atoms with van der Waals surface area (Å²) in [5, 5.41) is 10.9. The van der Waals surface area contributed by atoms with Crippen molar-refractivity contribution in [2.24, 2.45) is 0 Å². The van der Waals surface area contributed by atoms with Crippen LogP contribution in [0.15, 0.2) is 12.1 Å². The van der Waals surface area contributed by atoms with Gasteiger partial charge >= 0.3 is 17.9 Å². The molecule has 0 unspecified atom stereocenters. The van der Waals surface area contributed by atoms with Crippen molar-refractivity contribution in [2.75, 3.05) is 31.3 Å². The van der Waals surface area contributed by atoms with E-state index in [-0.39, 0.29) is 28.7 Å². The van der Waals surface area contributed by atoms with Crippen molar-refractivity contribution in [1.29, 1.82) is 0 Å². The predicted molar refractivity (Wildman–Crippen MR) is 316 cm³/mol. The molecule has 73 heavy (non-hydrogen) atoms. The minimum Gasteiger partial charge on any atom is -0.507 e. The van der Waals surface area contributed by atoms with E-state index in [9.17, 15) is 19.5 Å². The Hall–Kier alpha value is -2.22. The zero-order chi connectivity index (χ0) is 54.1. The van der Waals surface area contributed by atoms with Crippen molar-refractivity contribution >= 4 is 29.7 Å². The summed E-state index contributed by atoms with van der Waals surface area (Å²) in [5.41, 5.74) is 2.67. The minimum atomic E-state index is -0.159. The van der Waals surface area contributed by atoms with Gasteiger partial charge in [0.25, 0.3) is 0 Å². The molecule has 428 valence electrons. The largest absolute Gasteiger partial charge is 0.507 e. The van der Waals surface area contributed by atoms with Crippen LogP contribution in [0, 0.1) is 0 Å². The van der Waals surface area contributed by atoms with Crippen molar-refractivity contribution in [3.05, 3.63) is 28.8 Å². The summed E-state index contributed by atoms with van der Waals surface area (Å²) in [7, 11) is 0. The number of carbonyl (C=O) groups is 3. The van der Waals surface area contributed by atoms with Crippen LogP contribution in [-0.4, -0.2) is 54.3 Å². The van der Waals surface area contributed by atoms with E-state index >= 15 is 0 Å². The third-order valence-corrected chi connectivity index (χ3v) is 15.1. The quantitative estimate of drug-likeness (QED) is 0.0391. The van der Waals surface area contributed by atoms with Crippen LogP contribution in [0.2, 0.25) is 0 Å². The zero-order valence-electron chi connectivity index (χ0n) is 49.8. The lowest BCUT2D eigenvalue weighted by Gasteiger charge is -2.28. The highest BCUT2D eigenvalue weighted by Crippen LogP contribution is 2.40.